The van der Waals surface area contributed by atoms with Crippen molar-refractivity contribution in [3.63, 3.8) is 0 Å². The van der Waals surface area contributed by atoms with Crippen LogP contribution in [0.3, 0.4) is 0 Å². The van der Waals surface area contributed by atoms with Crippen molar-refractivity contribution in [1.29, 1.82) is 0 Å². The van der Waals surface area contributed by atoms with Gasteiger partial charge in [-0.1, -0.05) is 0 Å². The first-order valence-corrected chi connectivity index (χ1v) is 11.0. The average Bonchev–Trinajstić information content (AvgIpc) is 3.28. The molecular weight excluding hydrogens is 432 g/mol. The van der Waals surface area contributed by atoms with E-state index in [1.807, 2.05) is 4.90 Å². The molecule has 3 aromatic rings. The van der Waals surface area contributed by atoms with Crippen LogP contribution in [0.2, 0.25) is 0 Å². The van der Waals surface area contributed by atoms with Gasteiger partial charge in [0.25, 0.3) is 11.5 Å². The van der Waals surface area contributed by atoms with Crippen molar-refractivity contribution >= 4 is 46.1 Å². The summed E-state index contributed by atoms with van der Waals surface area (Å²) in [5.41, 5.74) is 1.42. The monoisotopic (exact) mass is 458 g/mol. The number of benzene rings is 1. The van der Waals surface area contributed by atoms with Crippen molar-refractivity contribution in [1.82, 2.24) is 20.2 Å². The molecule has 1 saturated carbocycles. The summed E-state index contributed by atoms with van der Waals surface area (Å²) in [5.74, 6) is -0.505. The van der Waals surface area contributed by atoms with E-state index in [9.17, 15) is 14.4 Å². The maximum Gasteiger partial charge on any atom is 0.340 e. The quantitative estimate of drug-likeness (QED) is 0.492. The Morgan fingerprint density at radius 1 is 1.22 bits per heavy atom. The number of nitrogens with zero attached hydrogens (tertiary/aromatic N) is 1. The molecule has 3 heterocycles. The second-order valence-electron chi connectivity index (χ2n) is 8.37. The summed E-state index contributed by atoms with van der Waals surface area (Å²) in [6.07, 6.45) is 5.79. The number of hydrogen-bond donors (Lipinski definition) is 3. The van der Waals surface area contributed by atoms with Gasteiger partial charge in [0, 0.05) is 46.7 Å². The van der Waals surface area contributed by atoms with Crippen LogP contribution >= 0.6 is 12.4 Å². The van der Waals surface area contributed by atoms with Crippen molar-refractivity contribution in [3.8, 4) is 0 Å². The molecule has 5 rings (SSSR count). The van der Waals surface area contributed by atoms with E-state index in [-0.39, 0.29) is 30.5 Å². The molecule has 0 radical (unpaired) electrons. The normalized spacial score (nSPS) is 18.0. The first kappa shape index (κ1) is 22.4. The van der Waals surface area contributed by atoms with Crippen LogP contribution in [-0.4, -0.2) is 58.5 Å². The topological polar surface area (TPSA) is 107 Å². The number of pyridine rings is 1. The molecule has 9 heteroatoms. The Labute approximate surface area is 191 Å². The molecule has 1 aromatic carbocycles. The number of carbonyl (C=O) groups is 2. The van der Waals surface area contributed by atoms with E-state index < -0.39 is 5.97 Å². The molecule has 8 nitrogen and oxygen atoms in total. The Balaban J connectivity index is 0.00000245. The highest BCUT2D eigenvalue weighted by Gasteiger charge is 2.35. The molecule has 1 atom stereocenters. The summed E-state index contributed by atoms with van der Waals surface area (Å²) in [4.78, 5) is 46.1. The van der Waals surface area contributed by atoms with E-state index in [1.165, 1.54) is 6.20 Å². The molecule has 0 unspecified atom stereocenters. The maximum atomic E-state index is 13.4. The zero-order chi connectivity index (χ0) is 21.5. The minimum atomic E-state index is -0.496. The van der Waals surface area contributed by atoms with Gasteiger partial charge in [-0.2, -0.15) is 0 Å². The van der Waals surface area contributed by atoms with Gasteiger partial charge in [-0.25, -0.2) is 4.79 Å². The Morgan fingerprint density at radius 2 is 2.03 bits per heavy atom. The Morgan fingerprint density at radius 3 is 2.72 bits per heavy atom. The van der Waals surface area contributed by atoms with Gasteiger partial charge in [-0.15, -0.1) is 12.4 Å². The van der Waals surface area contributed by atoms with E-state index in [2.05, 4.69) is 15.3 Å². The number of ether oxygens (including phenoxy) is 1. The lowest BCUT2D eigenvalue weighted by molar-refractivity contribution is 0.0528. The fourth-order valence-electron chi connectivity index (χ4n) is 4.53. The fraction of sp³-hybridized carbons (Fsp3) is 0.435. The van der Waals surface area contributed by atoms with E-state index in [4.69, 9.17) is 4.74 Å². The second kappa shape index (κ2) is 8.96. The fourth-order valence-corrected chi connectivity index (χ4v) is 4.53. The SMILES string of the molecule is CCOC(=O)c1c[nH]c2c(=O)[nH]c3ccc(C(=O)N(C[C@@H]4CCCN4)C4CC4)cc3c12.Cl. The van der Waals surface area contributed by atoms with Gasteiger partial charge >= 0.3 is 5.97 Å². The number of rotatable bonds is 6. The second-order valence-corrected chi connectivity index (χ2v) is 8.37. The number of halogens is 1. The summed E-state index contributed by atoms with van der Waals surface area (Å²) in [7, 11) is 0. The Bertz CT molecular complexity index is 1220. The molecule has 1 aliphatic carbocycles. The van der Waals surface area contributed by atoms with Crippen LogP contribution in [0.25, 0.3) is 21.8 Å². The molecule has 170 valence electrons. The van der Waals surface area contributed by atoms with E-state index >= 15 is 0 Å². The van der Waals surface area contributed by atoms with E-state index in [0.717, 1.165) is 32.2 Å². The number of hydrogen-bond acceptors (Lipinski definition) is 5. The minimum Gasteiger partial charge on any atom is -0.462 e. The number of fused-ring (bicyclic) bond motifs is 3. The number of aromatic nitrogens is 2. The van der Waals surface area contributed by atoms with Gasteiger partial charge in [0.2, 0.25) is 0 Å². The number of amides is 1. The molecule has 1 aliphatic heterocycles. The standard InChI is InChI=1S/C23H26N4O4.ClH/c1-2-31-23(30)17-11-25-20-19(17)16-10-13(5-8-18(16)26-21(20)28)22(29)27(15-6-7-15)12-14-4-3-9-24-14;/h5,8,10-11,14-15,24-25H,2-4,6-7,9,12H2,1H3,(H,26,28);1H/t14-;/m0./s1. The summed E-state index contributed by atoms with van der Waals surface area (Å²) >= 11 is 0. The molecule has 0 spiro atoms. The highest BCUT2D eigenvalue weighted by molar-refractivity contribution is 6.16. The van der Waals surface area contributed by atoms with E-state index in [1.54, 1.807) is 25.1 Å². The first-order valence-electron chi connectivity index (χ1n) is 11.0. The number of esters is 1. The third-order valence-electron chi connectivity index (χ3n) is 6.21. The smallest absolute Gasteiger partial charge is 0.340 e. The van der Waals surface area contributed by atoms with Gasteiger partial charge in [-0.3, -0.25) is 9.59 Å². The lowest BCUT2D eigenvalue weighted by Gasteiger charge is -2.26. The molecule has 32 heavy (non-hydrogen) atoms. The van der Waals surface area contributed by atoms with Gasteiger partial charge in [0.1, 0.15) is 5.52 Å². The third kappa shape index (κ3) is 4.00. The minimum absolute atomic E-state index is 0. The summed E-state index contributed by atoms with van der Waals surface area (Å²) in [5, 5.41) is 4.62. The summed E-state index contributed by atoms with van der Waals surface area (Å²) in [6, 6.07) is 5.91. The third-order valence-corrected chi connectivity index (χ3v) is 6.21. The summed E-state index contributed by atoms with van der Waals surface area (Å²) < 4.78 is 5.16. The molecule has 1 saturated heterocycles. The van der Waals surface area contributed by atoms with E-state index in [0.29, 0.717) is 51.6 Å². The summed E-state index contributed by atoms with van der Waals surface area (Å²) in [6.45, 7) is 3.69. The number of nitrogens with one attached hydrogen (secondary N) is 3. The lowest BCUT2D eigenvalue weighted by atomic mass is 10.0. The number of H-pyrrole nitrogens is 2. The van der Waals surface area contributed by atoms with Crippen molar-refractivity contribution in [3.05, 3.63) is 45.9 Å². The van der Waals surface area contributed by atoms with Crippen molar-refractivity contribution in [2.75, 3.05) is 19.7 Å². The molecule has 2 aromatic heterocycles. The molecule has 2 aliphatic rings. The van der Waals surface area contributed by atoms with Crippen molar-refractivity contribution in [2.45, 2.75) is 44.7 Å². The molecule has 1 amide bonds. The van der Waals surface area contributed by atoms with Gasteiger partial charge in [0.05, 0.1) is 12.2 Å². The van der Waals surface area contributed by atoms with Crippen LogP contribution < -0.4 is 10.9 Å². The number of carbonyl (C=O) groups excluding carboxylic acids is 2. The zero-order valence-electron chi connectivity index (χ0n) is 17.9. The Kier molecular flexibility index (Phi) is 6.26. The highest BCUT2D eigenvalue weighted by atomic mass is 35.5. The molecular formula is C23H27ClN4O4. The first-order chi connectivity index (χ1) is 15.1. The molecule has 2 fully saturated rings. The Hall–Kier alpha value is -2.84. The largest absolute Gasteiger partial charge is 0.462 e. The highest BCUT2D eigenvalue weighted by Crippen LogP contribution is 2.31. The van der Waals surface area contributed by atoms with Crippen LogP contribution in [-0.2, 0) is 4.74 Å². The van der Waals surface area contributed by atoms with Gasteiger partial charge in [-0.05, 0) is 57.4 Å². The lowest BCUT2D eigenvalue weighted by Crippen LogP contribution is -2.42. The maximum absolute atomic E-state index is 13.4. The van der Waals surface area contributed by atoms with Gasteiger partial charge in [0.15, 0.2) is 0 Å². The average molecular weight is 459 g/mol. The van der Waals surface area contributed by atoms with Crippen LogP contribution in [0.15, 0.2) is 29.2 Å². The van der Waals surface area contributed by atoms with Crippen molar-refractivity contribution in [2.24, 2.45) is 0 Å². The van der Waals surface area contributed by atoms with Crippen LogP contribution in [0.4, 0.5) is 0 Å². The zero-order valence-corrected chi connectivity index (χ0v) is 18.7. The van der Waals surface area contributed by atoms with Crippen molar-refractivity contribution < 1.29 is 14.3 Å². The predicted octanol–water partition coefficient (Wildman–Crippen LogP) is 2.96. The van der Waals surface area contributed by atoms with Gasteiger partial charge < -0.3 is 24.9 Å². The van der Waals surface area contributed by atoms with Crippen LogP contribution in [0.5, 0.6) is 0 Å². The predicted molar refractivity (Wildman–Crippen MR) is 125 cm³/mol. The van der Waals surface area contributed by atoms with Crippen LogP contribution in [0.1, 0.15) is 53.3 Å². The molecule has 0 bridgehead atoms. The van der Waals surface area contributed by atoms with Crippen LogP contribution in [0, 0.1) is 0 Å². The molecule has 3 N–H and O–H groups in total. The number of aromatic amines is 2.